The molecule has 0 unspecified atom stereocenters. The van der Waals surface area contributed by atoms with Gasteiger partial charge in [0.15, 0.2) is 0 Å². The van der Waals surface area contributed by atoms with E-state index in [-0.39, 0.29) is 0 Å². The fourth-order valence-electron chi connectivity index (χ4n) is 1.84. The average Bonchev–Trinajstić information content (AvgIpc) is 2.55. The van der Waals surface area contributed by atoms with Crippen LogP contribution in [0.4, 0.5) is 4.79 Å². The van der Waals surface area contributed by atoms with Crippen molar-refractivity contribution < 1.29 is 14.3 Å². The lowest BCUT2D eigenvalue weighted by atomic mass is 10.2. The van der Waals surface area contributed by atoms with Gasteiger partial charge in [0, 0.05) is 6.54 Å². The van der Waals surface area contributed by atoms with Crippen LogP contribution in [0.5, 0.6) is 11.5 Å². The van der Waals surface area contributed by atoms with Crippen LogP contribution in [0.1, 0.15) is 25.3 Å². The lowest BCUT2D eigenvalue weighted by molar-refractivity contribution is 0.200. The minimum absolute atomic E-state index is 0.418. The average molecular weight is 299 g/mol. The first-order valence-electron chi connectivity index (χ1n) is 7.50. The second kappa shape index (κ2) is 8.72. The molecule has 116 valence electrons. The Kier molecular flexibility index (Phi) is 6.30. The minimum atomic E-state index is -0.463. The van der Waals surface area contributed by atoms with E-state index in [2.05, 4.69) is 12.2 Å². The molecule has 0 fully saturated rings. The number of carbonyl (C=O) groups excluding carboxylic acids is 1. The summed E-state index contributed by atoms with van der Waals surface area (Å²) in [7, 11) is 0. The first-order valence-corrected chi connectivity index (χ1v) is 7.50. The second-order valence-corrected chi connectivity index (χ2v) is 4.90. The largest absolute Gasteiger partial charge is 0.494 e. The molecule has 4 heteroatoms. The molecule has 0 aliphatic rings. The summed E-state index contributed by atoms with van der Waals surface area (Å²) in [4.78, 5) is 11.7. The Hall–Kier alpha value is -2.49. The number of nitrogens with one attached hydrogen (secondary N) is 1. The molecule has 2 rings (SSSR count). The summed E-state index contributed by atoms with van der Waals surface area (Å²) in [6, 6.07) is 16.7. The maximum atomic E-state index is 11.7. The molecule has 0 saturated heterocycles. The molecular weight excluding hydrogens is 278 g/mol. The van der Waals surface area contributed by atoms with Crippen LogP contribution in [0.25, 0.3) is 0 Å². The molecule has 0 atom stereocenters. The minimum Gasteiger partial charge on any atom is -0.494 e. The van der Waals surface area contributed by atoms with Gasteiger partial charge in [-0.2, -0.15) is 0 Å². The highest BCUT2D eigenvalue weighted by atomic mass is 16.6. The number of hydrogen-bond donors (Lipinski definition) is 1. The summed E-state index contributed by atoms with van der Waals surface area (Å²) in [5.41, 5.74) is 0.993. The summed E-state index contributed by atoms with van der Waals surface area (Å²) < 4.78 is 10.7. The Balaban J connectivity index is 1.75. The van der Waals surface area contributed by atoms with Crippen molar-refractivity contribution in [2.24, 2.45) is 0 Å². The Morgan fingerprint density at radius 3 is 2.41 bits per heavy atom. The van der Waals surface area contributed by atoms with E-state index in [1.807, 2.05) is 42.5 Å². The van der Waals surface area contributed by atoms with Gasteiger partial charge in [0.25, 0.3) is 0 Å². The summed E-state index contributed by atoms with van der Waals surface area (Å²) in [5.74, 6) is 1.38. The summed E-state index contributed by atoms with van der Waals surface area (Å²) in [5, 5.41) is 2.72. The number of ether oxygens (including phenoxy) is 2. The maximum absolute atomic E-state index is 11.7. The van der Waals surface area contributed by atoms with Gasteiger partial charge in [0.05, 0.1) is 6.61 Å². The van der Waals surface area contributed by atoms with Gasteiger partial charge < -0.3 is 14.8 Å². The van der Waals surface area contributed by atoms with E-state index >= 15 is 0 Å². The highest BCUT2D eigenvalue weighted by molar-refractivity contribution is 5.70. The molecular formula is C18H21NO3. The van der Waals surface area contributed by atoms with Gasteiger partial charge in [-0.15, -0.1) is 0 Å². The Morgan fingerprint density at radius 1 is 1.00 bits per heavy atom. The van der Waals surface area contributed by atoms with Crippen LogP contribution >= 0.6 is 0 Å². The van der Waals surface area contributed by atoms with Crippen molar-refractivity contribution in [3.8, 4) is 11.5 Å². The molecule has 1 amide bonds. The normalized spacial score (nSPS) is 10.0. The van der Waals surface area contributed by atoms with Crippen LogP contribution in [0.2, 0.25) is 0 Å². The Morgan fingerprint density at radius 2 is 1.73 bits per heavy atom. The van der Waals surface area contributed by atoms with Crippen LogP contribution in [0.3, 0.4) is 0 Å². The van der Waals surface area contributed by atoms with E-state index < -0.39 is 6.09 Å². The van der Waals surface area contributed by atoms with Gasteiger partial charge in [-0.1, -0.05) is 43.7 Å². The van der Waals surface area contributed by atoms with Crippen LogP contribution < -0.4 is 14.8 Å². The lowest BCUT2D eigenvalue weighted by Crippen LogP contribution is -2.26. The number of amides is 1. The fraction of sp³-hybridized carbons (Fsp3) is 0.278. The van der Waals surface area contributed by atoms with E-state index in [1.165, 1.54) is 0 Å². The van der Waals surface area contributed by atoms with Crippen molar-refractivity contribution >= 4 is 6.09 Å². The predicted octanol–water partition coefficient (Wildman–Crippen LogP) is 4.15. The molecule has 0 aliphatic carbocycles. The SMILES string of the molecule is CCCCOc1ccc(CNC(=O)Oc2ccccc2)cc1. The smallest absolute Gasteiger partial charge is 0.412 e. The van der Waals surface area contributed by atoms with Gasteiger partial charge in [-0.25, -0.2) is 4.79 Å². The molecule has 2 aromatic rings. The summed E-state index contributed by atoms with van der Waals surface area (Å²) >= 11 is 0. The molecule has 22 heavy (non-hydrogen) atoms. The quantitative estimate of drug-likeness (QED) is 0.781. The molecule has 0 aromatic heterocycles. The number of carbonyl (C=O) groups is 1. The van der Waals surface area contributed by atoms with E-state index in [9.17, 15) is 4.79 Å². The fourth-order valence-corrected chi connectivity index (χ4v) is 1.84. The number of unbranched alkanes of at least 4 members (excludes halogenated alkanes) is 1. The maximum Gasteiger partial charge on any atom is 0.412 e. The third-order valence-electron chi connectivity index (χ3n) is 3.08. The highest BCUT2D eigenvalue weighted by Gasteiger charge is 2.03. The van der Waals surface area contributed by atoms with Gasteiger partial charge in [-0.3, -0.25) is 0 Å². The van der Waals surface area contributed by atoms with Crippen molar-refractivity contribution in [2.45, 2.75) is 26.3 Å². The van der Waals surface area contributed by atoms with Crippen molar-refractivity contribution in [2.75, 3.05) is 6.61 Å². The zero-order chi connectivity index (χ0) is 15.6. The van der Waals surface area contributed by atoms with Crippen molar-refractivity contribution in [1.82, 2.24) is 5.32 Å². The number of para-hydroxylation sites is 1. The van der Waals surface area contributed by atoms with Crippen molar-refractivity contribution in [1.29, 1.82) is 0 Å². The molecule has 4 nitrogen and oxygen atoms in total. The van der Waals surface area contributed by atoms with E-state index in [1.54, 1.807) is 12.1 Å². The molecule has 0 spiro atoms. The monoisotopic (exact) mass is 299 g/mol. The molecule has 0 aliphatic heterocycles. The molecule has 2 aromatic carbocycles. The number of hydrogen-bond acceptors (Lipinski definition) is 3. The van der Waals surface area contributed by atoms with Crippen LogP contribution in [0, 0.1) is 0 Å². The highest BCUT2D eigenvalue weighted by Crippen LogP contribution is 2.13. The van der Waals surface area contributed by atoms with E-state index in [4.69, 9.17) is 9.47 Å². The summed E-state index contributed by atoms with van der Waals surface area (Å²) in [6.07, 6.45) is 1.70. The molecule has 0 bridgehead atoms. The zero-order valence-corrected chi connectivity index (χ0v) is 12.7. The first kappa shape index (κ1) is 15.9. The topological polar surface area (TPSA) is 47.6 Å². The molecule has 0 radical (unpaired) electrons. The van der Waals surface area contributed by atoms with Gasteiger partial charge in [0.2, 0.25) is 0 Å². The molecule has 1 N–H and O–H groups in total. The zero-order valence-electron chi connectivity index (χ0n) is 12.7. The summed E-state index contributed by atoms with van der Waals surface area (Å²) in [6.45, 7) is 3.28. The van der Waals surface area contributed by atoms with Crippen LogP contribution in [-0.4, -0.2) is 12.7 Å². The van der Waals surface area contributed by atoms with Crippen LogP contribution in [-0.2, 0) is 6.54 Å². The van der Waals surface area contributed by atoms with Gasteiger partial charge in [-0.05, 0) is 36.2 Å². The Bertz CT molecular complexity index is 567. The second-order valence-electron chi connectivity index (χ2n) is 4.90. The standard InChI is InChI=1S/C18H21NO3/c1-2-3-13-21-16-11-9-15(10-12-16)14-19-18(20)22-17-7-5-4-6-8-17/h4-12H,2-3,13-14H2,1H3,(H,19,20). The predicted molar refractivity (Wildman–Crippen MR) is 86.2 cm³/mol. The van der Waals surface area contributed by atoms with Crippen LogP contribution in [0.15, 0.2) is 54.6 Å². The van der Waals surface area contributed by atoms with Gasteiger partial charge in [0.1, 0.15) is 11.5 Å². The van der Waals surface area contributed by atoms with Gasteiger partial charge >= 0.3 is 6.09 Å². The Labute approximate surface area is 131 Å². The third-order valence-corrected chi connectivity index (χ3v) is 3.08. The molecule has 0 saturated carbocycles. The van der Waals surface area contributed by atoms with Crippen molar-refractivity contribution in [3.63, 3.8) is 0 Å². The number of benzene rings is 2. The molecule has 0 heterocycles. The third kappa shape index (κ3) is 5.48. The lowest BCUT2D eigenvalue weighted by Gasteiger charge is -2.08. The number of rotatable bonds is 7. The van der Waals surface area contributed by atoms with E-state index in [0.29, 0.717) is 12.3 Å². The van der Waals surface area contributed by atoms with Crippen molar-refractivity contribution in [3.05, 3.63) is 60.2 Å². The first-order chi connectivity index (χ1) is 10.8. The van der Waals surface area contributed by atoms with E-state index in [0.717, 1.165) is 30.8 Å².